The molecular formula is C24H28N2O6S. The van der Waals surface area contributed by atoms with Crippen molar-refractivity contribution in [2.75, 3.05) is 39.4 Å². The smallest absolute Gasteiger partial charge is 0.257 e. The van der Waals surface area contributed by atoms with Crippen LogP contribution in [0.4, 0.5) is 0 Å². The first-order chi connectivity index (χ1) is 15.9. The average Bonchev–Trinajstić information content (AvgIpc) is 2.99. The van der Waals surface area contributed by atoms with Crippen molar-refractivity contribution in [2.45, 2.75) is 37.2 Å². The van der Waals surface area contributed by atoms with Gasteiger partial charge in [-0.15, -0.1) is 0 Å². The number of carbonyl (C=O) groups excluding carboxylic acids is 1. The predicted octanol–water partition coefficient (Wildman–Crippen LogP) is 2.88. The summed E-state index contributed by atoms with van der Waals surface area (Å²) < 4.78 is 45.1. The van der Waals surface area contributed by atoms with Crippen LogP contribution in [0.2, 0.25) is 0 Å². The van der Waals surface area contributed by atoms with Gasteiger partial charge in [0.2, 0.25) is 10.0 Å². The Morgan fingerprint density at radius 1 is 0.970 bits per heavy atom. The molecule has 2 unspecified atom stereocenters. The number of hydrogen-bond donors (Lipinski definition) is 0. The van der Waals surface area contributed by atoms with Gasteiger partial charge in [-0.25, -0.2) is 8.42 Å². The van der Waals surface area contributed by atoms with Crippen molar-refractivity contribution >= 4 is 15.9 Å². The molecule has 3 aliphatic rings. The van der Waals surface area contributed by atoms with E-state index in [4.69, 9.17) is 14.2 Å². The molecular weight excluding hydrogens is 444 g/mol. The van der Waals surface area contributed by atoms with E-state index in [0.29, 0.717) is 49.1 Å². The molecule has 2 aromatic carbocycles. The summed E-state index contributed by atoms with van der Waals surface area (Å²) in [4.78, 5) is 15.1. The third-order valence-electron chi connectivity index (χ3n) is 6.66. The van der Waals surface area contributed by atoms with Crippen molar-refractivity contribution in [3.8, 4) is 17.2 Å². The average molecular weight is 473 g/mol. The van der Waals surface area contributed by atoms with Gasteiger partial charge < -0.3 is 19.1 Å². The van der Waals surface area contributed by atoms with Gasteiger partial charge in [-0.2, -0.15) is 4.31 Å². The van der Waals surface area contributed by atoms with Gasteiger partial charge in [0.05, 0.1) is 23.7 Å². The highest BCUT2D eigenvalue weighted by Crippen LogP contribution is 2.40. The van der Waals surface area contributed by atoms with Gasteiger partial charge in [-0.1, -0.05) is 19.1 Å². The highest BCUT2D eigenvalue weighted by atomic mass is 32.2. The fraction of sp³-hybridized carbons (Fsp3) is 0.458. The predicted molar refractivity (Wildman–Crippen MR) is 122 cm³/mol. The number of carbonyl (C=O) groups is 1. The molecule has 0 aromatic heterocycles. The van der Waals surface area contributed by atoms with Crippen molar-refractivity contribution < 1.29 is 27.4 Å². The Labute approximate surface area is 194 Å². The molecule has 0 aliphatic carbocycles. The van der Waals surface area contributed by atoms with Crippen LogP contribution in [0, 0.1) is 0 Å². The van der Waals surface area contributed by atoms with Gasteiger partial charge in [-0.3, -0.25) is 4.79 Å². The maximum absolute atomic E-state index is 13.2. The fourth-order valence-electron chi connectivity index (χ4n) is 4.51. The van der Waals surface area contributed by atoms with E-state index in [9.17, 15) is 13.2 Å². The van der Waals surface area contributed by atoms with E-state index in [-0.39, 0.29) is 35.9 Å². The van der Waals surface area contributed by atoms with Crippen LogP contribution in [0.25, 0.3) is 0 Å². The number of nitrogens with zero attached hydrogens (tertiary/aromatic N) is 2. The minimum absolute atomic E-state index is 0.0197. The molecule has 2 aromatic rings. The first-order valence-electron chi connectivity index (χ1n) is 11.3. The van der Waals surface area contributed by atoms with Crippen molar-refractivity contribution in [3.63, 3.8) is 0 Å². The van der Waals surface area contributed by atoms with Crippen LogP contribution in [0.5, 0.6) is 17.2 Å². The Bertz CT molecular complexity index is 1170. The van der Waals surface area contributed by atoms with Crippen LogP contribution in [0.15, 0.2) is 41.3 Å². The lowest BCUT2D eigenvalue weighted by atomic mass is 9.96. The molecule has 8 nitrogen and oxygen atoms in total. The first-order valence-corrected chi connectivity index (χ1v) is 12.8. The second-order valence-corrected chi connectivity index (χ2v) is 10.6. The summed E-state index contributed by atoms with van der Waals surface area (Å²) in [7, 11) is -3.71. The molecule has 0 N–H and O–H groups in total. The number of sulfonamides is 1. The standard InChI is InChI=1S/C24H28N2O6S/c1-16-17(2)32-23-19(16)5-3-6-20(23)24(27)25-9-11-26(12-10-25)33(28,29)18-7-8-21-22(15-18)31-14-4-13-30-21/h3,5-8,15-17H,4,9-14H2,1-2H3. The van der Waals surface area contributed by atoms with Crippen LogP contribution in [-0.2, 0) is 10.0 Å². The topological polar surface area (TPSA) is 85.4 Å². The third-order valence-corrected chi connectivity index (χ3v) is 8.55. The Balaban J connectivity index is 1.30. The SMILES string of the molecule is CC1Oc2c(C(=O)N3CCN(S(=O)(=O)c4ccc5c(c4)OCCCO5)CC3)cccc2C1C. The summed E-state index contributed by atoms with van der Waals surface area (Å²) in [6.45, 7) is 6.21. The molecule has 0 spiro atoms. The molecule has 0 bridgehead atoms. The lowest BCUT2D eigenvalue weighted by Gasteiger charge is -2.34. The fourth-order valence-corrected chi connectivity index (χ4v) is 5.95. The molecule has 3 aliphatic heterocycles. The van der Waals surface area contributed by atoms with Gasteiger partial charge in [0, 0.05) is 50.1 Å². The van der Waals surface area contributed by atoms with Crippen molar-refractivity contribution in [2.24, 2.45) is 0 Å². The van der Waals surface area contributed by atoms with E-state index in [1.54, 1.807) is 23.1 Å². The summed E-state index contributed by atoms with van der Waals surface area (Å²) >= 11 is 0. The summed E-state index contributed by atoms with van der Waals surface area (Å²) in [5.41, 5.74) is 1.59. The number of fused-ring (bicyclic) bond motifs is 2. The molecule has 33 heavy (non-hydrogen) atoms. The molecule has 1 fully saturated rings. The van der Waals surface area contributed by atoms with Crippen LogP contribution < -0.4 is 14.2 Å². The molecule has 3 heterocycles. The molecule has 9 heteroatoms. The largest absolute Gasteiger partial charge is 0.490 e. The molecule has 176 valence electrons. The van der Waals surface area contributed by atoms with E-state index in [1.807, 2.05) is 19.1 Å². The Morgan fingerprint density at radius 3 is 2.45 bits per heavy atom. The third kappa shape index (κ3) is 3.93. The number of para-hydroxylation sites is 1. The van der Waals surface area contributed by atoms with Crippen LogP contribution >= 0.6 is 0 Å². The molecule has 0 saturated carbocycles. The van der Waals surface area contributed by atoms with Crippen molar-refractivity contribution in [1.29, 1.82) is 0 Å². The van der Waals surface area contributed by atoms with Crippen LogP contribution in [0.3, 0.4) is 0 Å². The number of piperazine rings is 1. The highest BCUT2D eigenvalue weighted by molar-refractivity contribution is 7.89. The molecule has 2 atom stereocenters. The summed E-state index contributed by atoms with van der Waals surface area (Å²) in [6, 6.07) is 10.4. The van der Waals surface area contributed by atoms with Gasteiger partial charge in [-0.05, 0) is 25.1 Å². The Kier molecular flexibility index (Phi) is 5.70. The lowest BCUT2D eigenvalue weighted by molar-refractivity contribution is 0.0692. The maximum atomic E-state index is 13.2. The second kappa shape index (κ2) is 8.53. The first kappa shape index (κ1) is 22.0. The number of benzene rings is 2. The maximum Gasteiger partial charge on any atom is 0.257 e. The molecule has 0 radical (unpaired) electrons. The normalized spacial score (nSPS) is 22.9. The summed E-state index contributed by atoms with van der Waals surface area (Å²) in [5.74, 6) is 1.77. The van der Waals surface area contributed by atoms with E-state index in [2.05, 4.69) is 6.92 Å². The van der Waals surface area contributed by atoms with Crippen LogP contribution in [0.1, 0.15) is 42.1 Å². The number of amides is 1. The minimum Gasteiger partial charge on any atom is -0.490 e. The number of hydrogen-bond acceptors (Lipinski definition) is 6. The Morgan fingerprint density at radius 2 is 1.70 bits per heavy atom. The lowest BCUT2D eigenvalue weighted by Crippen LogP contribution is -2.50. The van der Waals surface area contributed by atoms with E-state index in [1.165, 1.54) is 10.4 Å². The van der Waals surface area contributed by atoms with E-state index in [0.717, 1.165) is 12.0 Å². The number of ether oxygens (including phenoxy) is 3. The van der Waals surface area contributed by atoms with Crippen molar-refractivity contribution in [3.05, 3.63) is 47.5 Å². The highest BCUT2D eigenvalue weighted by Gasteiger charge is 2.35. The zero-order chi connectivity index (χ0) is 23.2. The van der Waals surface area contributed by atoms with Gasteiger partial charge >= 0.3 is 0 Å². The van der Waals surface area contributed by atoms with Gasteiger partial charge in [0.25, 0.3) is 5.91 Å². The zero-order valence-corrected chi connectivity index (χ0v) is 19.6. The monoisotopic (exact) mass is 472 g/mol. The van der Waals surface area contributed by atoms with Gasteiger partial charge in [0.1, 0.15) is 11.9 Å². The van der Waals surface area contributed by atoms with Crippen molar-refractivity contribution in [1.82, 2.24) is 9.21 Å². The van der Waals surface area contributed by atoms with E-state index >= 15 is 0 Å². The Hall–Kier alpha value is -2.78. The summed E-state index contributed by atoms with van der Waals surface area (Å²) in [5, 5.41) is 0. The quantitative estimate of drug-likeness (QED) is 0.683. The molecule has 1 saturated heterocycles. The van der Waals surface area contributed by atoms with Gasteiger partial charge in [0.15, 0.2) is 11.5 Å². The molecule has 5 rings (SSSR count). The van der Waals surface area contributed by atoms with Crippen LogP contribution in [-0.4, -0.2) is 69.0 Å². The summed E-state index contributed by atoms with van der Waals surface area (Å²) in [6.07, 6.45) is 0.770. The zero-order valence-electron chi connectivity index (χ0n) is 18.8. The minimum atomic E-state index is -3.71. The molecule has 1 amide bonds. The second-order valence-electron chi connectivity index (χ2n) is 8.69. The number of rotatable bonds is 3. The van der Waals surface area contributed by atoms with E-state index < -0.39 is 10.0 Å².